The number of rotatable bonds is 5. The van der Waals surface area contributed by atoms with Crippen LogP contribution >= 0.6 is 0 Å². The lowest BCUT2D eigenvalue weighted by molar-refractivity contribution is -0.175. The number of benzene rings is 1. The molecule has 31 heavy (non-hydrogen) atoms. The monoisotopic (exact) mass is 431 g/mol. The molecule has 1 aromatic carbocycles. The third kappa shape index (κ3) is 4.46. The van der Waals surface area contributed by atoms with Gasteiger partial charge in [0.05, 0.1) is 29.8 Å². The molecule has 1 aliphatic rings. The Morgan fingerprint density at radius 3 is 2.81 bits per heavy atom. The highest BCUT2D eigenvalue weighted by atomic mass is 19.4. The van der Waals surface area contributed by atoms with Gasteiger partial charge in [-0.1, -0.05) is 24.3 Å². The zero-order valence-corrected chi connectivity index (χ0v) is 16.4. The minimum absolute atomic E-state index is 0.0426. The van der Waals surface area contributed by atoms with E-state index in [0.717, 1.165) is 11.1 Å². The molecular formula is C22H20F3N3O3. The van der Waals surface area contributed by atoms with Crippen molar-refractivity contribution in [2.45, 2.75) is 31.5 Å². The summed E-state index contributed by atoms with van der Waals surface area (Å²) in [4.78, 5) is 21.0. The number of aliphatic hydroxyl groups excluding tert-OH is 1. The normalized spacial score (nSPS) is 17.9. The second-order valence-corrected chi connectivity index (χ2v) is 7.42. The van der Waals surface area contributed by atoms with E-state index in [2.05, 4.69) is 15.3 Å². The predicted octanol–water partition coefficient (Wildman–Crippen LogP) is 4.43. The zero-order valence-electron chi connectivity index (χ0n) is 16.4. The van der Waals surface area contributed by atoms with Gasteiger partial charge in [0.2, 0.25) is 5.89 Å². The molecule has 0 fully saturated rings. The van der Waals surface area contributed by atoms with E-state index in [0.29, 0.717) is 17.3 Å². The fraction of sp³-hybridized carbons (Fsp3) is 0.318. The number of pyridine rings is 1. The summed E-state index contributed by atoms with van der Waals surface area (Å²) < 4.78 is 44.0. The van der Waals surface area contributed by atoms with Crippen molar-refractivity contribution < 1.29 is 27.5 Å². The third-order valence-electron chi connectivity index (χ3n) is 5.43. The molecule has 2 aromatic heterocycles. The number of nitrogens with zero attached hydrogens (tertiary/aromatic N) is 2. The lowest BCUT2D eigenvalue weighted by Gasteiger charge is -2.24. The van der Waals surface area contributed by atoms with Crippen molar-refractivity contribution >= 4 is 22.4 Å². The van der Waals surface area contributed by atoms with E-state index in [9.17, 15) is 23.1 Å². The second-order valence-electron chi connectivity index (χ2n) is 7.42. The minimum atomic E-state index is -4.18. The number of alkyl halides is 3. The SMILES string of the molecule is O=C(NC(CO)c1ncco1)c1cnc2c(C3=CCC(C(F)(F)F)CC3)cccc2c1. The first-order valence-corrected chi connectivity index (χ1v) is 9.83. The highest BCUT2D eigenvalue weighted by molar-refractivity contribution is 5.99. The van der Waals surface area contributed by atoms with E-state index in [1.165, 1.54) is 18.7 Å². The summed E-state index contributed by atoms with van der Waals surface area (Å²) >= 11 is 0. The Morgan fingerprint density at radius 1 is 1.32 bits per heavy atom. The van der Waals surface area contributed by atoms with Crippen molar-refractivity contribution in [1.29, 1.82) is 0 Å². The molecule has 0 bridgehead atoms. The van der Waals surface area contributed by atoms with E-state index < -0.39 is 24.0 Å². The Bertz CT molecular complexity index is 1110. The van der Waals surface area contributed by atoms with Gasteiger partial charge in [-0.3, -0.25) is 9.78 Å². The largest absolute Gasteiger partial charge is 0.447 e. The maximum Gasteiger partial charge on any atom is 0.392 e. The molecule has 0 aliphatic heterocycles. The summed E-state index contributed by atoms with van der Waals surface area (Å²) in [6, 6.07) is 6.29. The first-order valence-electron chi connectivity index (χ1n) is 9.83. The van der Waals surface area contributed by atoms with Gasteiger partial charge in [0.1, 0.15) is 12.3 Å². The number of halogens is 3. The van der Waals surface area contributed by atoms with Crippen molar-refractivity contribution in [2.75, 3.05) is 6.61 Å². The molecule has 0 saturated carbocycles. The Hall–Kier alpha value is -3.20. The molecule has 2 unspecified atom stereocenters. The first kappa shape index (κ1) is 21.0. The number of hydrogen-bond donors (Lipinski definition) is 2. The fourth-order valence-corrected chi connectivity index (χ4v) is 3.75. The van der Waals surface area contributed by atoms with Gasteiger partial charge < -0.3 is 14.8 Å². The molecule has 3 aromatic rings. The van der Waals surface area contributed by atoms with E-state index in [1.54, 1.807) is 24.3 Å². The van der Waals surface area contributed by atoms with Crippen molar-refractivity contribution in [3.8, 4) is 0 Å². The number of para-hydroxylation sites is 1. The van der Waals surface area contributed by atoms with E-state index in [-0.39, 0.29) is 30.9 Å². The molecule has 2 heterocycles. The van der Waals surface area contributed by atoms with Crippen LogP contribution in [0.25, 0.3) is 16.5 Å². The number of carbonyl (C=O) groups is 1. The van der Waals surface area contributed by atoms with Crippen LogP contribution in [0.15, 0.2) is 53.4 Å². The van der Waals surface area contributed by atoms with Gasteiger partial charge in [-0.2, -0.15) is 13.2 Å². The molecule has 1 amide bonds. The molecule has 1 aliphatic carbocycles. The van der Waals surface area contributed by atoms with Crippen LogP contribution in [0.3, 0.4) is 0 Å². The Kier molecular flexibility index (Phi) is 5.77. The van der Waals surface area contributed by atoms with Crippen LogP contribution in [0.5, 0.6) is 0 Å². The number of fused-ring (bicyclic) bond motifs is 1. The maximum atomic E-state index is 12.9. The molecule has 0 radical (unpaired) electrons. The topological polar surface area (TPSA) is 88.2 Å². The number of hydrogen-bond acceptors (Lipinski definition) is 5. The zero-order chi connectivity index (χ0) is 22.0. The summed E-state index contributed by atoms with van der Waals surface area (Å²) in [5.41, 5.74) is 2.52. The predicted molar refractivity (Wildman–Crippen MR) is 107 cm³/mol. The molecule has 9 heteroatoms. The Morgan fingerprint density at radius 2 is 2.16 bits per heavy atom. The third-order valence-corrected chi connectivity index (χ3v) is 5.43. The van der Waals surface area contributed by atoms with E-state index >= 15 is 0 Å². The van der Waals surface area contributed by atoms with Crippen LogP contribution in [0.4, 0.5) is 13.2 Å². The molecule has 4 rings (SSSR count). The summed E-state index contributed by atoms with van der Waals surface area (Å²) in [5, 5.41) is 12.8. The Labute approximate surface area is 175 Å². The number of amides is 1. The van der Waals surface area contributed by atoms with Crippen molar-refractivity contribution in [3.05, 3.63) is 66.0 Å². The summed E-state index contributed by atoms with van der Waals surface area (Å²) in [7, 11) is 0. The van der Waals surface area contributed by atoms with Gasteiger partial charge in [-0.25, -0.2) is 4.98 Å². The van der Waals surface area contributed by atoms with Crippen LogP contribution in [-0.2, 0) is 0 Å². The van der Waals surface area contributed by atoms with Gasteiger partial charge in [-0.15, -0.1) is 0 Å². The highest BCUT2D eigenvalue weighted by Crippen LogP contribution is 2.40. The van der Waals surface area contributed by atoms with Gasteiger partial charge in [0, 0.05) is 17.1 Å². The smallest absolute Gasteiger partial charge is 0.392 e. The molecule has 162 valence electrons. The molecule has 0 spiro atoms. The van der Waals surface area contributed by atoms with Crippen LogP contribution in [-0.4, -0.2) is 33.8 Å². The quantitative estimate of drug-likeness (QED) is 0.624. The lowest BCUT2D eigenvalue weighted by atomic mass is 9.85. The highest BCUT2D eigenvalue weighted by Gasteiger charge is 2.39. The van der Waals surface area contributed by atoms with Crippen LogP contribution in [0, 0.1) is 5.92 Å². The molecule has 2 N–H and O–H groups in total. The number of allylic oxidation sites excluding steroid dienone is 2. The lowest BCUT2D eigenvalue weighted by Crippen LogP contribution is -2.31. The van der Waals surface area contributed by atoms with Crippen molar-refractivity contribution in [3.63, 3.8) is 0 Å². The van der Waals surface area contributed by atoms with Crippen LogP contribution in [0.1, 0.15) is 47.1 Å². The molecule has 6 nitrogen and oxygen atoms in total. The van der Waals surface area contributed by atoms with Gasteiger partial charge in [0.15, 0.2) is 0 Å². The van der Waals surface area contributed by atoms with Gasteiger partial charge in [0.25, 0.3) is 5.91 Å². The average molecular weight is 431 g/mol. The number of carbonyl (C=O) groups excluding carboxylic acids is 1. The van der Waals surface area contributed by atoms with Crippen LogP contribution < -0.4 is 5.32 Å². The van der Waals surface area contributed by atoms with Gasteiger partial charge >= 0.3 is 6.18 Å². The summed E-state index contributed by atoms with van der Waals surface area (Å²) in [6.45, 7) is -0.384. The first-order chi connectivity index (χ1) is 14.9. The van der Waals surface area contributed by atoms with Crippen LogP contribution in [0.2, 0.25) is 0 Å². The summed E-state index contributed by atoms with van der Waals surface area (Å²) in [6.07, 6.45) is 1.96. The average Bonchev–Trinajstić information content (AvgIpc) is 3.30. The molecule has 2 atom stereocenters. The standard InChI is InChI=1S/C22H20F3N3O3/c23-22(24,25)16-6-4-13(5-7-16)17-3-1-2-14-10-15(11-27-19(14)17)20(30)28-18(12-29)21-26-8-9-31-21/h1-4,8-11,16,18,29H,5-7,12H2,(H,28,30). The molecule has 0 saturated heterocycles. The number of aliphatic hydroxyl groups is 1. The number of aromatic nitrogens is 2. The Balaban J connectivity index is 1.57. The fourth-order valence-electron chi connectivity index (χ4n) is 3.75. The van der Waals surface area contributed by atoms with E-state index in [1.807, 2.05) is 6.07 Å². The second kappa shape index (κ2) is 8.50. The maximum absolute atomic E-state index is 12.9. The number of oxazole rings is 1. The molecular weight excluding hydrogens is 411 g/mol. The van der Waals surface area contributed by atoms with Crippen molar-refractivity contribution in [2.24, 2.45) is 5.92 Å². The van der Waals surface area contributed by atoms with Gasteiger partial charge in [-0.05, 0) is 30.9 Å². The van der Waals surface area contributed by atoms with Crippen molar-refractivity contribution in [1.82, 2.24) is 15.3 Å². The van der Waals surface area contributed by atoms with E-state index in [4.69, 9.17) is 4.42 Å². The number of nitrogens with one attached hydrogen (secondary N) is 1. The minimum Gasteiger partial charge on any atom is -0.447 e. The summed E-state index contributed by atoms with van der Waals surface area (Å²) in [5.74, 6) is -1.58.